The predicted octanol–water partition coefficient (Wildman–Crippen LogP) is 6.95. The van der Waals surface area contributed by atoms with E-state index in [0.29, 0.717) is 11.3 Å². The fraction of sp³-hybridized carbons (Fsp3) is 0.655. The first-order valence-corrected chi connectivity index (χ1v) is 14.5. The monoisotopic (exact) mass is 601 g/mol. The molecular formula is C29H37F6N5O2. The maximum Gasteiger partial charge on any atom is 0.407 e. The van der Waals surface area contributed by atoms with E-state index in [1.165, 1.54) is 9.80 Å². The van der Waals surface area contributed by atoms with Gasteiger partial charge < -0.3 is 14.9 Å². The average molecular weight is 602 g/mol. The lowest BCUT2D eigenvalue weighted by atomic mass is 9.84. The highest BCUT2D eigenvalue weighted by Crippen LogP contribution is 2.52. The summed E-state index contributed by atoms with van der Waals surface area (Å²) in [7, 11) is 0. The van der Waals surface area contributed by atoms with Crippen molar-refractivity contribution in [3.63, 3.8) is 0 Å². The minimum Gasteiger partial charge on any atom is -0.465 e. The first kappa shape index (κ1) is 30.5. The molecule has 1 aromatic heterocycles. The molecule has 0 bridgehead atoms. The highest BCUT2D eigenvalue weighted by molar-refractivity contribution is 5.68. The minimum absolute atomic E-state index is 0.0528. The van der Waals surface area contributed by atoms with Gasteiger partial charge in [0.15, 0.2) is 5.92 Å². The van der Waals surface area contributed by atoms with E-state index >= 15 is 0 Å². The van der Waals surface area contributed by atoms with E-state index in [9.17, 15) is 36.2 Å². The van der Waals surface area contributed by atoms with Gasteiger partial charge in [-0.25, -0.2) is 4.79 Å². The highest BCUT2D eigenvalue weighted by atomic mass is 19.4. The van der Waals surface area contributed by atoms with Crippen LogP contribution in [0.1, 0.15) is 64.0 Å². The summed E-state index contributed by atoms with van der Waals surface area (Å²) in [5.41, 5.74) is 1.85. The molecule has 232 valence electrons. The molecule has 1 spiro atoms. The molecule has 0 radical (unpaired) electrons. The van der Waals surface area contributed by atoms with Gasteiger partial charge in [0.2, 0.25) is 0 Å². The van der Waals surface area contributed by atoms with Gasteiger partial charge in [-0.3, -0.25) is 9.58 Å². The third-order valence-electron chi connectivity index (χ3n) is 9.24. The summed E-state index contributed by atoms with van der Waals surface area (Å²) in [6.07, 6.45) is -8.05. The number of nitrogens with zero attached hydrogens (tertiary/aromatic N) is 5. The number of hydrogen-bond acceptors (Lipinski definition) is 4. The molecular weight excluding hydrogens is 564 g/mol. The molecule has 42 heavy (non-hydrogen) atoms. The first-order chi connectivity index (χ1) is 19.7. The van der Waals surface area contributed by atoms with Gasteiger partial charge in [-0.15, -0.1) is 0 Å². The molecule has 1 aromatic carbocycles. The number of carbonyl (C=O) groups is 1. The normalized spacial score (nSPS) is 21.8. The molecule has 4 heterocycles. The molecule has 13 heteroatoms. The number of rotatable bonds is 6. The number of carboxylic acid groups (broad SMARTS) is 1. The van der Waals surface area contributed by atoms with Crippen LogP contribution < -0.4 is 4.90 Å². The lowest BCUT2D eigenvalue weighted by Crippen LogP contribution is -2.58. The Morgan fingerprint density at radius 3 is 2.24 bits per heavy atom. The Balaban J connectivity index is 1.56. The van der Waals surface area contributed by atoms with E-state index in [1.54, 1.807) is 10.9 Å². The van der Waals surface area contributed by atoms with Gasteiger partial charge in [0.25, 0.3) is 0 Å². The largest absolute Gasteiger partial charge is 0.465 e. The maximum atomic E-state index is 14.1. The molecule has 1 atom stereocenters. The van der Waals surface area contributed by atoms with Gasteiger partial charge in [-0.2, -0.15) is 31.4 Å². The summed E-state index contributed by atoms with van der Waals surface area (Å²) < 4.78 is 86.3. The average Bonchev–Trinajstić information content (AvgIpc) is 3.65. The zero-order valence-electron chi connectivity index (χ0n) is 23.8. The van der Waals surface area contributed by atoms with E-state index in [2.05, 4.69) is 4.90 Å². The number of aromatic nitrogens is 2. The SMILES string of the molecule is CC(C)n1cc(CN2C(C(C(F)(F)F)C(F)(F)F)CCC23CCN(C(=O)O)CC3)c(-c2cccc(N3CCCC3)c2)n1. The second-order valence-corrected chi connectivity index (χ2v) is 12.1. The number of anilines is 1. The van der Waals surface area contributed by atoms with Crippen molar-refractivity contribution < 1.29 is 36.2 Å². The quantitative estimate of drug-likeness (QED) is 0.363. The van der Waals surface area contributed by atoms with Crippen molar-refractivity contribution in [3.05, 3.63) is 36.0 Å². The van der Waals surface area contributed by atoms with Gasteiger partial charge in [-0.05, 0) is 64.5 Å². The van der Waals surface area contributed by atoms with Crippen molar-refractivity contribution in [3.8, 4) is 11.3 Å². The molecule has 1 N–H and O–H groups in total. The molecule has 7 nitrogen and oxygen atoms in total. The van der Waals surface area contributed by atoms with Crippen LogP contribution in [0.4, 0.5) is 36.8 Å². The molecule has 1 amide bonds. The van der Waals surface area contributed by atoms with E-state index in [1.807, 2.05) is 38.1 Å². The van der Waals surface area contributed by atoms with Gasteiger partial charge in [0.1, 0.15) is 0 Å². The van der Waals surface area contributed by atoms with E-state index in [-0.39, 0.29) is 51.4 Å². The third-order valence-corrected chi connectivity index (χ3v) is 9.24. The minimum atomic E-state index is -5.48. The van der Waals surface area contributed by atoms with E-state index < -0.39 is 35.9 Å². The highest BCUT2D eigenvalue weighted by Gasteiger charge is 2.65. The van der Waals surface area contributed by atoms with Gasteiger partial charge in [0.05, 0.1) is 5.69 Å². The Morgan fingerprint density at radius 1 is 1.02 bits per heavy atom. The van der Waals surface area contributed by atoms with Gasteiger partial charge >= 0.3 is 18.4 Å². The predicted molar refractivity (Wildman–Crippen MR) is 145 cm³/mol. The first-order valence-electron chi connectivity index (χ1n) is 14.5. The molecule has 5 rings (SSSR count). The topological polar surface area (TPSA) is 64.8 Å². The van der Waals surface area contributed by atoms with Crippen LogP contribution in [0, 0.1) is 5.92 Å². The van der Waals surface area contributed by atoms with E-state index in [4.69, 9.17) is 5.10 Å². The number of piperidine rings is 1. The smallest absolute Gasteiger partial charge is 0.407 e. The Kier molecular flexibility index (Phi) is 8.19. The summed E-state index contributed by atoms with van der Waals surface area (Å²) in [4.78, 5) is 16.4. The molecule has 1 unspecified atom stereocenters. The maximum absolute atomic E-state index is 14.1. The number of halogens is 6. The third kappa shape index (κ3) is 5.93. The Hall–Kier alpha value is -2.96. The van der Waals surface area contributed by atoms with Crippen molar-refractivity contribution in [1.29, 1.82) is 0 Å². The lowest BCUT2D eigenvalue weighted by molar-refractivity contribution is -0.300. The summed E-state index contributed by atoms with van der Waals surface area (Å²) in [6.45, 7) is 5.60. The van der Waals surface area contributed by atoms with Crippen molar-refractivity contribution >= 4 is 11.8 Å². The molecule has 3 aliphatic rings. The number of alkyl halides is 6. The van der Waals surface area contributed by atoms with Crippen LogP contribution in [-0.4, -0.2) is 80.9 Å². The van der Waals surface area contributed by atoms with E-state index in [0.717, 1.165) is 37.2 Å². The van der Waals surface area contributed by atoms with Crippen molar-refractivity contribution in [1.82, 2.24) is 19.6 Å². The second-order valence-electron chi connectivity index (χ2n) is 12.1. The lowest BCUT2D eigenvalue weighted by Gasteiger charge is -2.47. The Labute approximate surface area is 241 Å². The van der Waals surface area contributed by atoms with Crippen molar-refractivity contribution in [2.75, 3.05) is 31.1 Å². The van der Waals surface area contributed by atoms with Crippen LogP contribution in [0.15, 0.2) is 30.5 Å². The molecule has 0 saturated carbocycles. The fourth-order valence-electron chi connectivity index (χ4n) is 7.03. The molecule has 3 aliphatic heterocycles. The summed E-state index contributed by atoms with van der Waals surface area (Å²) in [5, 5.41) is 14.2. The second kappa shape index (κ2) is 11.3. The standard InChI is InChI=1S/C29H37F6N5O2/c1-19(2)40-18-21(24(36-40)20-6-5-7-22(16-20)37-12-3-4-13-37)17-39-23(25(28(30,31)32)29(33,34)35)8-9-27(39)10-14-38(15-11-27)26(41)42/h5-7,16,18-19,23,25H,3-4,8-15,17H2,1-2H3,(H,41,42). The van der Waals surface area contributed by atoms with Crippen LogP contribution in [0.5, 0.6) is 0 Å². The van der Waals surface area contributed by atoms with Crippen LogP contribution in [0.3, 0.4) is 0 Å². The van der Waals surface area contributed by atoms with Gasteiger partial charge in [0, 0.05) is 73.4 Å². The zero-order valence-corrected chi connectivity index (χ0v) is 23.8. The van der Waals surface area contributed by atoms with Crippen molar-refractivity contribution in [2.24, 2.45) is 5.92 Å². The number of hydrogen-bond donors (Lipinski definition) is 1. The fourth-order valence-corrected chi connectivity index (χ4v) is 7.03. The van der Waals surface area contributed by atoms with Crippen LogP contribution >= 0.6 is 0 Å². The summed E-state index contributed by atoms with van der Waals surface area (Å²) in [6, 6.07) is 5.83. The summed E-state index contributed by atoms with van der Waals surface area (Å²) >= 11 is 0. The Morgan fingerprint density at radius 2 is 1.67 bits per heavy atom. The summed E-state index contributed by atoms with van der Waals surface area (Å²) in [5.74, 6) is -3.51. The van der Waals surface area contributed by atoms with Gasteiger partial charge in [-0.1, -0.05) is 12.1 Å². The zero-order chi connectivity index (χ0) is 30.4. The molecule has 2 aromatic rings. The number of amides is 1. The van der Waals surface area contributed by atoms with Crippen LogP contribution in [0.2, 0.25) is 0 Å². The van der Waals surface area contributed by atoms with Crippen LogP contribution in [0.25, 0.3) is 11.3 Å². The number of benzene rings is 1. The Bertz CT molecular complexity index is 1250. The number of likely N-dealkylation sites (tertiary alicyclic amines) is 2. The molecule has 3 saturated heterocycles. The van der Waals surface area contributed by atoms with Crippen molar-refractivity contribution in [2.45, 2.75) is 88.9 Å². The molecule has 3 fully saturated rings. The van der Waals surface area contributed by atoms with Crippen LogP contribution in [-0.2, 0) is 6.54 Å². The molecule has 0 aliphatic carbocycles.